The van der Waals surface area contributed by atoms with Crippen LogP contribution in [-0.4, -0.2) is 37.7 Å². The molecule has 6 nitrogen and oxygen atoms in total. The summed E-state index contributed by atoms with van der Waals surface area (Å²) in [5.74, 6) is 4.19. The number of likely N-dealkylation sites (tertiary alicyclic amines) is 1. The lowest BCUT2D eigenvalue weighted by molar-refractivity contribution is 0.170. The van der Waals surface area contributed by atoms with Gasteiger partial charge in [-0.3, -0.25) is 4.90 Å². The largest absolute Gasteiger partial charge is 0.339 e. The van der Waals surface area contributed by atoms with Crippen molar-refractivity contribution >= 4 is 0 Å². The van der Waals surface area contributed by atoms with Gasteiger partial charge in [-0.25, -0.2) is 4.98 Å². The van der Waals surface area contributed by atoms with Gasteiger partial charge in [0.1, 0.15) is 5.82 Å². The molecule has 0 unspecified atom stereocenters. The highest BCUT2D eigenvalue weighted by Gasteiger charge is 2.30. The minimum atomic E-state index is 0.556. The molecule has 0 amide bonds. The number of nitrogens with zero attached hydrogens (tertiary/aromatic N) is 5. The Labute approximate surface area is 136 Å². The van der Waals surface area contributed by atoms with E-state index in [9.17, 15) is 0 Å². The zero-order valence-corrected chi connectivity index (χ0v) is 13.8. The minimum absolute atomic E-state index is 0.556. The molecule has 2 aromatic heterocycles. The van der Waals surface area contributed by atoms with Gasteiger partial charge in [0.2, 0.25) is 5.89 Å². The van der Waals surface area contributed by atoms with Gasteiger partial charge in [-0.15, -0.1) is 0 Å². The van der Waals surface area contributed by atoms with Gasteiger partial charge in [0.05, 0.1) is 6.54 Å². The second-order valence-corrected chi connectivity index (χ2v) is 6.88. The van der Waals surface area contributed by atoms with Gasteiger partial charge >= 0.3 is 0 Å². The van der Waals surface area contributed by atoms with Crippen LogP contribution in [0.1, 0.15) is 56.1 Å². The molecular weight excluding hydrogens is 290 g/mol. The van der Waals surface area contributed by atoms with Gasteiger partial charge in [-0.05, 0) is 51.6 Å². The summed E-state index contributed by atoms with van der Waals surface area (Å²) >= 11 is 0. The van der Waals surface area contributed by atoms with Gasteiger partial charge < -0.3 is 9.09 Å². The lowest BCUT2D eigenvalue weighted by Crippen LogP contribution is -2.34. The van der Waals surface area contributed by atoms with E-state index in [1.807, 2.05) is 6.20 Å². The topological polar surface area (TPSA) is 60.0 Å². The summed E-state index contributed by atoms with van der Waals surface area (Å²) in [6.07, 6.45) is 9.78. The van der Waals surface area contributed by atoms with E-state index in [1.165, 1.54) is 31.5 Å². The maximum atomic E-state index is 5.36. The van der Waals surface area contributed by atoms with Crippen molar-refractivity contribution in [2.24, 2.45) is 5.92 Å². The van der Waals surface area contributed by atoms with Crippen molar-refractivity contribution in [3.05, 3.63) is 29.9 Å². The van der Waals surface area contributed by atoms with Crippen LogP contribution in [0.15, 0.2) is 16.9 Å². The van der Waals surface area contributed by atoms with Crippen LogP contribution in [0.2, 0.25) is 0 Å². The van der Waals surface area contributed by atoms with Gasteiger partial charge in [0.15, 0.2) is 5.82 Å². The molecule has 6 heteroatoms. The van der Waals surface area contributed by atoms with Gasteiger partial charge in [-0.2, -0.15) is 4.98 Å². The third kappa shape index (κ3) is 3.47. The van der Waals surface area contributed by atoms with Crippen LogP contribution in [0.5, 0.6) is 0 Å². The first-order chi connectivity index (χ1) is 11.3. The fourth-order valence-electron chi connectivity index (χ4n) is 3.43. The van der Waals surface area contributed by atoms with E-state index in [2.05, 4.69) is 37.7 Å². The number of aryl methyl sites for hydroxylation is 1. The van der Waals surface area contributed by atoms with E-state index in [0.717, 1.165) is 44.3 Å². The second-order valence-electron chi connectivity index (χ2n) is 6.88. The molecule has 1 aliphatic heterocycles. The van der Waals surface area contributed by atoms with Crippen LogP contribution in [0.4, 0.5) is 0 Å². The lowest BCUT2D eigenvalue weighted by Gasteiger charge is -2.31. The molecule has 4 rings (SSSR count). The van der Waals surface area contributed by atoms with E-state index in [4.69, 9.17) is 4.52 Å². The van der Waals surface area contributed by atoms with Crippen molar-refractivity contribution in [1.29, 1.82) is 0 Å². The van der Waals surface area contributed by atoms with Crippen molar-refractivity contribution in [2.45, 2.75) is 58.0 Å². The second kappa shape index (κ2) is 6.43. The molecule has 1 saturated carbocycles. The van der Waals surface area contributed by atoms with E-state index < -0.39 is 0 Å². The molecule has 0 bridgehead atoms. The quantitative estimate of drug-likeness (QED) is 0.820. The third-order valence-corrected chi connectivity index (χ3v) is 5.10. The first kappa shape index (κ1) is 14.9. The standard InChI is InChI=1S/C17H25N5O/c1-2-22-10-7-18-16(22)12-21-8-5-13(6-9-21)11-15-19-17(23-20-15)14-3-4-14/h7,10,13-14H,2-6,8-9,11-12H2,1H3. The molecule has 23 heavy (non-hydrogen) atoms. The number of hydrogen-bond acceptors (Lipinski definition) is 5. The normalized spacial score (nSPS) is 20.2. The molecule has 0 N–H and O–H groups in total. The van der Waals surface area contributed by atoms with Crippen LogP contribution in [-0.2, 0) is 19.5 Å². The molecule has 3 heterocycles. The smallest absolute Gasteiger partial charge is 0.229 e. The number of aromatic nitrogens is 4. The van der Waals surface area contributed by atoms with Crippen LogP contribution in [0.25, 0.3) is 0 Å². The van der Waals surface area contributed by atoms with Crippen molar-refractivity contribution in [2.75, 3.05) is 13.1 Å². The SMILES string of the molecule is CCn1ccnc1CN1CCC(Cc2noc(C3CC3)n2)CC1. The monoisotopic (exact) mass is 315 g/mol. The molecule has 2 aliphatic rings. The van der Waals surface area contributed by atoms with Gasteiger partial charge in [0, 0.05) is 31.3 Å². The summed E-state index contributed by atoms with van der Waals surface area (Å²) < 4.78 is 7.59. The fraction of sp³-hybridized carbons (Fsp3) is 0.706. The summed E-state index contributed by atoms with van der Waals surface area (Å²) in [4.78, 5) is 11.6. The van der Waals surface area contributed by atoms with E-state index in [1.54, 1.807) is 0 Å². The molecular formula is C17H25N5O. The van der Waals surface area contributed by atoms with Crippen LogP contribution < -0.4 is 0 Å². The molecule has 0 spiro atoms. The highest BCUT2D eigenvalue weighted by molar-refractivity contribution is 5.02. The third-order valence-electron chi connectivity index (χ3n) is 5.10. The van der Waals surface area contributed by atoms with Crippen molar-refractivity contribution < 1.29 is 4.52 Å². The molecule has 1 saturated heterocycles. The minimum Gasteiger partial charge on any atom is -0.339 e. The molecule has 1 aliphatic carbocycles. The first-order valence-electron chi connectivity index (χ1n) is 8.86. The predicted molar refractivity (Wildman–Crippen MR) is 85.9 cm³/mol. The van der Waals surface area contributed by atoms with Crippen LogP contribution in [0.3, 0.4) is 0 Å². The maximum Gasteiger partial charge on any atom is 0.229 e. The van der Waals surface area contributed by atoms with E-state index in [0.29, 0.717) is 11.8 Å². The molecule has 124 valence electrons. The number of rotatable bonds is 6. The van der Waals surface area contributed by atoms with Crippen LogP contribution >= 0.6 is 0 Å². The average molecular weight is 315 g/mol. The Bertz CT molecular complexity index is 637. The summed E-state index contributed by atoms with van der Waals surface area (Å²) in [6, 6.07) is 0. The Morgan fingerprint density at radius 3 is 2.78 bits per heavy atom. The first-order valence-corrected chi connectivity index (χ1v) is 8.86. The Morgan fingerprint density at radius 2 is 2.04 bits per heavy atom. The maximum absolute atomic E-state index is 5.36. The Kier molecular flexibility index (Phi) is 4.16. The molecule has 0 atom stereocenters. The number of hydrogen-bond donors (Lipinski definition) is 0. The van der Waals surface area contributed by atoms with Gasteiger partial charge in [0.25, 0.3) is 0 Å². The van der Waals surface area contributed by atoms with Gasteiger partial charge in [-0.1, -0.05) is 5.16 Å². The van der Waals surface area contributed by atoms with Crippen molar-refractivity contribution in [1.82, 2.24) is 24.6 Å². The average Bonchev–Trinajstić information content (AvgIpc) is 3.15. The van der Waals surface area contributed by atoms with Crippen LogP contribution in [0, 0.1) is 5.92 Å². The van der Waals surface area contributed by atoms with Crippen molar-refractivity contribution in [3.63, 3.8) is 0 Å². The summed E-state index contributed by atoms with van der Waals surface area (Å²) in [6.45, 7) is 6.38. The number of piperidine rings is 1. The Balaban J connectivity index is 1.27. The lowest BCUT2D eigenvalue weighted by atomic mass is 9.93. The summed E-state index contributed by atoms with van der Waals surface area (Å²) in [5, 5.41) is 4.16. The molecule has 0 radical (unpaired) electrons. The predicted octanol–water partition coefficient (Wildman–Crippen LogP) is 2.62. The summed E-state index contributed by atoms with van der Waals surface area (Å²) in [5.41, 5.74) is 0. The Hall–Kier alpha value is -1.69. The highest BCUT2D eigenvalue weighted by Crippen LogP contribution is 2.39. The number of imidazole rings is 1. The van der Waals surface area contributed by atoms with E-state index in [-0.39, 0.29) is 0 Å². The fourth-order valence-corrected chi connectivity index (χ4v) is 3.43. The van der Waals surface area contributed by atoms with E-state index >= 15 is 0 Å². The zero-order valence-electron chi connectivity index (χ0n) is 13.8. The molecule has 2 fully saturated rings. The highest BCUT2D eigenvalue weighted by atomic mass is 16.5. The molecule has 2 aromatic rings. The molecule has 0 aromatic carbocycles. The Morgan fingerprint density at radius 1 is 1.22 bits per heavy atom. The summed E-state index contributed by atoms with van der Waals surface area (Å²) in [7, 11) is 0. The zero-order chi connectivity index (χ0) is 15.6. The van der Waals surface area contributed by atoms with Crippen molar-refractivity contribution in [3.8, 4) is 0 Å².